The Labute approximate surface area is 145 Å². The minimum absolute atomic E-state index is 0. The lowest BCUT2D eigenvalue weighted by molar-refractivity contribution is 0.488. The summed E-state index contributed by atoms with van der Waals surface area (Å²) in [5.74, 6) is 0.973. The van der Waals surface area contributed by atoms with Crippen LogP contribution in [-0.4, -0.2) is 8.42 Å². The summed E-state index contributed by atoms with van der Waals surface area (Å²) in [7, 11) is 1.35. The minimum atomic E-state index is -3.76. The second-order valence-corrected chi connectivity index (χ2v) is 7.43. The molecule has 0 radical (unpaired) electrons. The lowest BCUT2D eigenvalue weighted by Crippen LogP contribution is -1.84. The van der Waals surface area contributed by atoms with Gasteiger partial charge in [0.05, 0.1) is 0 Å². The molecule has 0 amide bonds. The monoisotopic (exact) mass is 364 g/mol. The average molecular weight is 365 g/mol. The van der Waals surface area contributed by atoms with E-state index < -0.39 is 9.05 Å². The van der Waals surface area contributed by atoms with Gasteiger partial charge in [-0.25, -0.2) is 8.42 Å². The van der Waals surface area contributed by atoms with Crippen LogP contribution in [0.15, 0.2) is 74.6 Å². The predicted octanol–water partition coefficient (Wildman–Crippen LogP) is 5.74. The Morgan fingerprint density at radius 2 is 1.33 bits per heavy atom. The van der Waals surface area contributed by atoms with Crippen molar-refractivity contribution < 1.29 is 17.3 Å². The number of aryl methyl sites for hydroxylation is 1. The largest absolute Gasteiger partial charge is 0.461 e. The van der Waals surface area contributed by atoms with Crippen molar-refractivity contribution in [1.29, 1.82) is 0 Å². The Morgan fingerprint density at radius 3 is 1.83 bits per heavy atom. The summed E-state index contributed by atoms with van der Waals surface area (Å²) >= 11 is 0. The number of fused-ring (bicyclic) bond motifs is 2. The molecule has 0 N–H and O–H groups in total. The third-order valence-electron chi connectivity index (χ3n) is 3.19. The van der Waals surface area contributed by atoms with Crippen molar-refractivity contribution in [2.75, 3.05) is 0 Å². The van der Waals surface area contributed by atoms with E-state index in [-0.39, 0.29) is 12.5 Å². The lowest BCUT2D eigenvalue weighted by Gasteiger charge is -1.85. The molecule has 2 aromatic carbocycles. The SMILES string of the molecule is C.Cc1cc2ccccc2o1.O=S(=O)(Cl)c1cc2ccccc2o1. The Kier molecular flexibility index (Phi) is 5.36. The molecule has 0 fully saturated rings. The zero-order chi connectivity index (χ0) is 16.4. The number of hydrogen-bond acceptors (Lipinski definition) is 4. The minimum Gasteiger partial charge on any atom is -0.461 e. The Hall–Kier alpha value is -2.24. The van der Waals surface area contributed by atoms with Gasteiger partial charge in [0.2, 0.25) is 5.09 Å². The molecular formula is C18H17ClO4S. The molecule has 0 saturated carbocycles. The summed E-state index contributed by atoms with van der Waals surface area (Å²) in [6.07, 6.45) is 0. The van der Waals surface area contributed by atoms with Crippen LogP contribution in [0.5, 0.6) is 0 Å². The third-order valence-corrected chi connectivity index (χ3v) is 4.33. The summed E-state index contributed by atoms with van der Waals surface area (Å²) < 4.78 is 32.1. The molecule has 4 nitrogen and oxygen atoms in total. The summed E-state index contributed by atoms with van der Waals surface area (Å²) in [6, 6.07) is 18.4. The maximum absolute atomic E-state index is 10.9. The van der Waals surface area contributed by atoms with Crippen molar-refractivity contribution in [2.24, 2.45) is 0 Å². The summed E-state index contributed by atoms with van der Waals surface area (Å²) in [6.45, 7) is 1.96. The van der Waals surface area contributed by atoms with Crippen molar-refractivity contribution in [1.82, 2.24) is 0 Å². The third kappa shape index (κ3) is 3.99. The topological polar surface area (TPSA) is 60.4 Å². The zero-order valence-corrected chi connectivity index (χ0v) is 13.8. The average Bonchev–Trinajstić information content (AvgIpc) is 3.09. The van der Waals surface area contributed by atoms with Gasteiger partial charge in [-0.2, -0.15) is 0 Å². The maximum Gasteiger partial charge on any atom is 0.294 e. The molecule has 6 heteroatoms. The highest BCUT2D eigenvalue weighted by molar-refractivity contribution is 8.13. The normalized spacial score (nSPS) is 10.9. The molecule has 126 valence electrons. The highest BCUT2D eigenvalue weighted by Gasteiger charge is 2.15. The Balaban J connectivity index is 0.000000172. The smallest absolute Gasteiger partial charge is 0.294 e. The fourth-order valence-electron chi connectivity index (χ4n) is 2.19. The second-order valence-electron chi connectivity index (χ2n) is 4.94. The summed E-state index contributed by atoms with van der Waals surface area (Å²) in [5, 5.41) is 1.69. The predicted molar refractivity (Wildman–Crippen MR) is 96.9 cm³/mol. The van der Waals surface area contributed by atoms with Crippen LogP contribution >= 0.6 is 10.7 Å². The van der Waals surface area contributed by atoms with Gasteiger partial charge in [-0.3, -0.25) is 0 Å². The Bertz CT molecular complexity index is 995. The number of benzene rings is 2. The molecule has 0 spiro atoms. The van der Waals surface area contributed by atoms with E-state index >= 15 is 0 Å². The first-order chi connectivity index (χ1) is 10.9. The van der Waals surface area contributed by atoms with Crippen LogP contribution < -0.4 is 0 Å². The Morgan fingerprint density at radius 1 is 0.833 bits per heavy atom. The van der Waals surface area contributed by atoms with Gasteiger partial charge in [0.25, 0.3) is 9.05 Å². The van der Waals surface area contributed by atoms with Crippen LogP contribution in [0.2, 0.25) is 0 Å². The van der Waals surface area contributed by atoms with Gasteiger partial charge in [-0.15, -0.1) is 0 Å². The number of rotatable bonds is 1. The van der Waals surface area contributed by atoms with E-state index in [0.29, 0.717) is 5.58 Å². The molecule has 2 aromatic heterocycles. The van der Waals surface area contributed by atoms with Gasteiger partial charge in [0, 0.05) is 27.5 Å². The molecule has 0 atom stereocenters. The van der Waals surface area contributed by atoms with E-state index in [1.165, 1.54) is 11.5 Å². The first-order valence-electron chi connectivity index (χ1n) is 6.82. The van der Waals surface area contributed by atoms with E-state index in [9.17, 15) is 8.42 Å². The summed E-state index contributed by atoms with van der Waals surface area (Å²) in [5.41, 5.74) is 1.49. The van der Waals surface area contributed by atoms with Crippen molar-refractivity contribution in [2.45, 2.75) is 19.4 Å². The molecule has 2 heterocycles. The van der Waals surface area contributed by atoms with Gasteiger partial charge in [-0.1, -0.05) is 43.8 Å². The molecular weight excluding hydrogens is 348 g/mol. The molecule has 0 aliphatic carbocycles. The highest BCUT2D eigenvalue weighted by Crippen LogP contribution is 2.24. The first kappa shape index (κ1) is 18.1. The van der Waals surface area contributed by atoms with Crippen LogP contribution in [-0.2, 0) is 9.05 Å². The number of halogens is 1. The van der Waals surface area contributed by atoms with Crippen molar-refractivity contribution in [3.05, 3.63) is 66.4 Å². The molecule has 0 bridgehead atoms. The van der Waals surface area contributed by atoms with Crippen LogP contribution in [0, 0.1) is 6.92 Å². The van der Waals surface area contributed by atoms with E-state index in [1.807, 2.05) is 37.3 Å². The molecule has 24 heavy (non-hydrogen) atoms. The lowest BCUT2D eigenvalue weighted by atomic mass is 10.2. The fourth-order valence-corrected chi connectivity index (χ4v) is 2.88. The second kappa shape index (κ2) is 7.11. The van der Waals surface area contributed by atoms with Crippen molar-refractivity contribution >= 4 is 41.7 Å². The highest BCUT2D eigenvalue weighted by atomic mass is 35.7. The van der Waals surface area contributed by atoms with Crippen LogP contribution in [0.25, 0.3) is 21.9 Å². The van der Waals surface area contributed by atoms with Crippen LogP contribution in [0.3, 0.4) is 0 Å². The van der Waals surface area contributed by atoms with Gasteiger partial charge >= 0.3 is 0 Å². The molecule has 0 unspecified atom stereocenters. The first-order valence-corrected chi connectivity index (χ1v) is 9.13. The summed E-state index contributed by atoms with van der Waals surface area (Å²) in [4.78, 5) is 0. The molecule has 0 saturated heterocycles. The molecule has 0 aliphatic heterocycles. The fraction of sp³-hybridized carbons (Fsp3) is 0.111. The maximum atomic E-state index is 10.9. The quantitative estimate of drug-likeness (QED) is 0.404. The molecule has 4 aromatic rings. The van der Waals surface area contributed by atoms with Crippen molar-refractivity contribution in [3.8, 4) is 0 Å². The van der Waals surface area contributed by atoms with Gasteiger partial charge in [0.15, 0.2) is 0 Å². The van der Waals surface area contributed by atoms with Crippen LogP contribution in [0.4, 0.5) is 0 Å². The number of para-hydroxylation sites is 2. The number of hydrogen-bond donors (Lipinski definition) is 0. The zero-order valence-electron chi connectivity index (χ0n) is 12.2. The molecule has 4 rings (SSSR count). The van der Waals surface area contributed by atoms with E-state index in [1.54, 1.807) is 24.3 Å². The van der Waals surface area contributed by atoms with Gasteiger partial charge in [-0.05, 0) is 25.1 Å². The standard InChI is InChI=1S/C9H8O.C8H5ClO3S.CH4/c1-7-6-8-4-2-3-5-9(8)10-7;9-13(10,11)8-5-6-3-1-2-4-7(6)12-8;/h2-6H,1H3;1-5H;1H4. The van der Waals surface area contributed by atoms with E-state index in [2.05, 4.69) is 0 Å². The number of furan rings is 2. The van der Waals surface area contributed by atoms with Gasteiger partial charge < -0.3 is 8.83 Å². The van der Waals surface area contributed by atoms with Gasteiger partial charge in [0.1, 0.15) is 16.9 Å². The van der Waals surface area contributed by atoms with E-state index in [0.717, 1.165) is 16.7 Å². The van der Waals surface area contributed by atoms with Crippen molar-refractivity contribution in [3.63, 3.8) is 0 Å². The molecule has 0 aliphatic rings. The van der Waals surface area contributed by atoms with E-state index in [4.69, 9.17) is 19.5 Å². The van der Waals surface area contributed by atoms with Crippen LogP contribution in [0.1, 0.15) is 13.2 Å².